The van der Waals surface area contributed by atoms with Crippen LogP contribution in [0.3, 0.4) is 0 Å². The molecule has 0 aliphatic heterocycles. The van der Waals surface area contributed by atoms with Crippen molar-refractivity contribution in [3.63, 3.8) is 0 Å². The summed E-state index contributed by atoms with van der Waals surface area (Å²) in [6.07, 6.45) is 5.35. The number of aromatic nitrogens is 5. The number of hydrogen-bond donors (Lipinski definition) is 1. The molecule has 0 aliphatic carbocycles. The van der Waals surface area contributed by atoms with Crippen molar-refractivity contribution in [1.82, 2.24) is 24.7 Å². The molecule has 28 heavy (non-hydrogen) atoms. The van der Waals surface area contributed by atoms with Gasteiger partial charge in [0.05, 0.1) is 17.2 Å². The molecule has 0 amide bonds. The summed E-state index contributed by atoms with van der Waals surface area (Å²) in [5, 5.41) is 11.4. The molecule has 0 saturated heterocycles. The molecule has 4 aromatic heterocycles. The second kappa shape index (κ2) is 7.19. The van der Waals surface area contributed by atoms with Gasteiger partial charge in [-0.2, -0.15) is 5.10 Å². The molecule has 0 bridgehead atoms. The maximum atomic E-state index is 11.6. The normalized spacial score (nSPS) is 11.1. The van der Waals surface area contributed by atoms with Crippen molar-refractivity contribution in [2.45, 2.75) is 19.8 Å². The van der Waals surface area contributed by atoms with Gasteiger partial charge in [-0.3, -0.25) is 9.78 Å². The lowest BCUT2D eigenvalue weighted by Gasteiger charge is -2.09. The Kier molecular flexibility index (Phi) is 4.57. The Morgan fingerprint density at radius 2 is 1.82 bits per heavy atom. The van der Waals surface area contributed by atoms with E-state index in [1.54, 1.807) is 42.3 Å². The third-order valence-corrected chi connectivity index (χ3v) is 4.55. The second-order valence-corrected chi connectivity index (χ2v) is 6.98. The Hall–Kier alpha value is -3.61. The first-order chi connectivity index (χ1) is 13.5. The fourth-order valence-corrected chi connectivity index (χ4v) is 2.89. The number of rotatable bonds is 4. The monoisotopic (exact) mass is 372 g/mol. The molecular weight excluding hydrogens is 352 g/mol. The van der Waals surface area contributed by atoms with Crippen molar-refractivity contribution in [3.8, 4) is 11.1 Å². The highest BCUT2D eigenvalue weighted by molar-refractivity contribution is 5.81. The number of pyridine rings is 3. The summed E-state index contributed by atoms with van der Waals surface area (Å²) in [6, 6.07) is 11.1. The molecule has 4 rings (SSSR count). The van der Waals surface area contributed by atoms with Crippen LogP contribution < -0.4 is 10.9 Å². The van der Waals surface area contributed by atoms with E-state index in [2.05, 4.69) is 39.3 Å². The maximum Gasteiger partial charge on any atom is 0.250 e. The molecule has 0 radical (unpaired) electrons. The lowest BCUT2D eigenvalue weighted by Crippen LogP contribution is -2.13. The Morgan fingerprint density at radius 3 is 2.61 bits per heavy atom. The van der Waals surface area contributed by atoms with Crippen LogP contribution in [0.5, 0.6) is 0 Å². The second-order valence-electron chi connectivity index (χ2n) is 6.98. The van der Waals surface area contributed by atoms with Gasteiger partial charge in [0.25, 0.3) is 0 Å². The summed E-state index contributed by atoms with van der Waals surface area (Å²) in [4.78, 5) is 20.8. The lowest BCUT2D eigenvalue weighted by atomic mass is 10.1. The Morgan fingerprint density at radius 1 is 0.964 bits per heavy atom. The predicted octanol–water partition coefficient (Wildman–Crippen LogP) is 3.65. The zero-order valence-corrected chi connectivity index (χ0v) is 15.9. The molecule has 0 aromatic carbocycles. The van der Waals surface area contributed by atoms with Gasteiger partial charge in [-0.1, -0.05) is 13.8 Å². The third kappa shape index (κ3) is 3.59. The summed E-state index contributed by atoms with van der Waals surface area (Å²) >= 11 is 0. The van der Waals surface area contributed by atoms with Crippen LogP contribution >= 0.6 is 0 Å². The molecule has 1 N–H and O–H groups in total. The van der Waals surface area contributed by atoms with Crippen LogP contribution in [-0.2, 0) is 7.05 Å². The van der Waals surface area contributed by atoms with Crippen LogP contribution in [0.2, 0.25) is 0 Å². The quantitative estimate of drug-likeness (QED) is 0.588. The first kappa shape index (κ1) is 17.8. The van der Waals surface area contributed by atoms with Crippen LogP contribution in [-0.4, -0.2) is 24.7 Å². The standard InChI is InChI=1S/C21H20N6O/c1-13(2)15-9-20(26-23-11-15)25-19-6-5-17-18(24-19)8-16(10-22-17)14-4-7-21(28)27(3)12-14/h4-13H,1-3H3,(H,24,25,26). The summed E-state index contributed by atoms with van der Waals surface area (Å²) in [5.74, 6) is 1.69. The zero-order valence-electron chi connectivity index (χ0n) is 15.9. The molecule has 0 spiro atoms. The average Bonchev–Trinajstić information content (AvgIpc) is 2.69. The van der Waals surface area contributed by atoms with Crippen molar-refractivity contribution in [2.24, 2.45) is 7.05 Å². The highest BCUT2D eigenvalue weighted by Gasteiger charge is 2.07. The minimum Gasteiger partial charge on any atom is -0.323 e. The molecule has 4 aromatic rings. The summed E-state index contributed by atoms with van der Waals surface area (Å²) < 4.78 is 1.55. The summed E-state index contributed by atoms with van der Waals surface area (Å²) in [5.41, 5.74) is 4.41. The van der Waals surface area contributed by atoms with Gasteiger partial charge in [-0.05, 0) is 47.4 Å². The maximum absolute atomic E-state index is 11.6. The van der Waals surface area contributed by atoms with Gasteiger partial charge in [-0.15, -0.1) is 5.10 Å². The van der Waals surface area contributed by atoms with Gasteiger partial charge in [0.1, 0.15) is 5.82 Å². The lowest BCUT2D eigenvalue weighted by molar-refractivity contribution is 0.843. The van der Waals surface area contributed by atoms with Crippen molar-refractivity contribution in [3.05, 3.63) is 70.9 Å². The summed E-state index contributed by atoms with van der Waals surface area (Å²) in [6.45, 7) is 4.23. The molecular formula is C21H20N6O. The average molecular weight is 372 g/mol. The molecule has 0 aliphatic rings. The third-order valence-electron chi connectivity index (χ3n) is 4.55. The number of fused-ring (bicyclic) bond motifs is 1. The van der Waals surface area contributed by atoms with Gasteiger partial charge in [0.2, 0.25) is 5.56 Å². The highest BCUT2D eigenvalue weighted by atomic mass is 16.1. The van der Waals surface area contributed by atoms with Gasteiger partial charge >= 0.3 is 0 Å². The van der Waals surface area contributed by atoms with Crippen LogP contribution in [0.1, 0.15) is 25.3 Å². The van der Waals surface area contributed by atoms with E-state index in [1.807, 2.05) is 24.3 Å². The fraction of sp³-hybridized carbons (Fsp3) is 0.190. The van der Waals surface area contributed by atoms with E-state index in [1.165, 1.54) is 0 Å². The predicted molar refractivity (Wildman–Crippen MR) is 110 cm³/mol. The Balaban J connectivity index is 1.69. The number of nitrogens with one attached hydrogen (secondary N) is 1. The molecule has 0 saturated carbocycles. The van der Waals surface area contributed by atoms with Crippen molar-refractivity contribution in [1.29, 1.82) is 0 Å². The minimum atomic E-state index is -0.0492. The molecule has 0 unspecified atom stereocenters. The SMILES string of the molecule is CC(C)c1cnnc(Nc2ccc3ncc(-c4ccc(=O)n(C)c4)cc3n2)c1. The first-order valence-electron chi connectivity index (χ1n) is 9.03. The van der Waals surface area contributed by atoms with E-state index < -0.39 is 0 Å². The van der Waals surface area contributed by atoms with Crippen LogP contribution in [0, 0.1) is 0 Å². The summed E-state index contributed by atoms with van der Waals surface area (Å²) in [7, 11) is 1.73. The number of anilines is 2. The van der Waals surface area contributed by atoms with E-state index in [-0.39, 0.29) is 5.56 Å². The van der Waals surface area contributed by atoms with Gasteiger partial charge in [0.15, 0.2) is 5.82 Å². The van der Waals surface area contributed by atoms with Crippen molar-refractivity contribution >= 4 is 22.7 Å². The molecule has 7 heteroatoms. The van der Waals surface area contributed by atoms with E-state index in [0.29, 0.717) is 17.6 Å². The van der Waals surface area contributed by atoms with Gasteiger partial charge in [0, 0.05) is 31.1 Å². The first-order valence-corrected chi connectivity index (χ1v) is 9.03. The van der Waals surface area contributed by atoms with E-state index >= 15 is 0 Å². The topological polar surface area (TPSA) is 85.6 Å². The van der Waals surface area contributed by atoms with Gasteiger partial charge in [-0.25, -0.2) is 4.98 Å². The minimum absolute atomic E-state index is 0.0492. The molecule has 140 valence electrons. The fourth-order valence-electron chi connectivity index (χ4n) is 2.89. The molecule has 0 fully saturated rings. The van der Waals surface area contributed by atoms with Crippen molar-refractivity contribution < 1.29 is 0 Å². The van der Waals surface area contributed by atoms with Crippen molar-refractivity contribution in [2.75, 3.05) is 5.32 Å². The number of aryl methyl sites for hydroxylation is 1. The molecule has 4 heterocycles. The Bertz CT molecular complexity index is 1210. The Labute approximate surface area is 162 Å². The van der Waals surface area contributed by atoms with Crippen LogP contribution in [0.4, 0.5) is 11.6 Å². The smallest absolute Gasteiger partial charge is 0.250 e. The zero-order chi connectivity index (χ0) is 19.7. The molecule has 0 atom stereocenters. The largest absolute Gasteiger partial charge is 0.323 e. The highest BCUT2D eigenvalue weighted by Crippen LogP contribution is 2.23. The van der Waals surface area contributed by atoms with Crippen LogP contribution in [0.25, 0.3) is 22.2 Å². The number of hydrogen-bond acceptors (Lipinski definition) is 6. The molecule has 7 nitrogen and oxygen atoms in total. The van der Waals surface area contributed by atoms with E-state index in [9.17, 15) is 4.79 Å². The number of nitrogens with zero attached hydrogens (tertiary/aromatic N) is 5. The van der Waals surface area contributed by atoms with E-state index in [0.717, 1.165) is 27.7 Å². The van der Waals surface area contributed by atoms with Crippen LogP contribution in [0.15, 0.2) is 59.8 Å². The van der Waals surface area contributed by atoms with Gasteiger partial charge < -0.3 is 9.88 Å². The van der Waals surface area contributed by atoms with E-state index in [4.69, 9.17) is 0 Å².